The van der Waals surface area contributed by atoms with Gasteiger partial charge in [0.2, 0.25) is 0 Å². The van der Waals surface area contributed by atoms with Gasteiger partial charge in [0.1, 0.15) is 5.82 Å². The Morgan fingerprint density at radius 2 is 2.10 bits per heavy atom. The molecule has 1 aromatic rings. The van der Waals surface area contributed by atoms with Gasteiger partial charge >= 0.3 is 0 Å². The minimum atomic E-state index is -0.589. The van der Waals surface area contributed by atoms with E-state index in [0.717, 1.165) is 19.6 Å². The predicted octanol–water partition coefficient (Wildman–Crippen LogP) is 2.44. The number of aliphatic hydroxyl groups is 1. The van der Waals surface area contributed by atoms with E-state index in [-0.39, 0.29) is 5.82 Å². The van der Waals surface area contributed by atoms with E-state index in [0.29, 0.717) is 29.5 Å². The largest absolute Gasteiger partial charge is 0.388 e. The first-order valence-electron chi connectivity index (χ1n) is 7.71. The van der Waals surface area contributed by atoms with Gasteiger partial charge in [-0.2, -0.15) is 0 Å². The molecule has 0 amide bonds. The third-order valence-electron chi connectivity index (χ3n) is 4.61. The number of aliphatic hydroxyl groups excluding tert-OH is 1. The van der Waals surface area contributed by atoms with Gasteiger partial charge in [-0.25, -0.2) is 4.39 Å². The Hall–Kier alpha value is -0.970. The molecule has 3 atom stereocenters. The lowest BCUT2D eigenvalue weighted by molar-refractivity contribution is 0.146. The lowest BCUT2D eigenvalue weighted by Gasteiger charge is -2.23. The first-order valence-corrected chi connectivity index (χ1v) is 7.71. The van der Waals surface area contributed by atoms with Crippen LogP contribution >= 0.6 is 0 Å². The first-order chi connectivity index (χ1) is 9.88. The minimum Gasteiger partial charge on any atom is -0.388 e. The molecule has 0 radical (unpaired) electrons. The van der Waals surface area contributed by atoms with Crippen LogP contribution in [0.4, 0.5) is 4.39 Å². The molecule has 1 saturated heterocycles. The maximum absolute atomic E-state index is 13.5. The molecule has 0 spiro atoms. The van der Waals surface area contributed by atoms with Gasteiger partial charge < -0.3 is 14.9 Å². The number of rotatable bonds is 5. The molecular weight excluding hydrogens is 267 g/mol. The second-order valence-corrected chi connectivity index (χ2v) is 6.58. The van der Waals surface area contributed by atoms with Gasteiger partial charge in [-0.3, -0.25) is 0 Å². The van der Waals surface area contributed by atoms with Crippen molar-refractivity contribution < 1.29 is 9.50 Å². The SMILES string of the molecule is Cc1ccc(C(O)CCN2CC(C)C(N(C)C)C2)cc1F. The van der Waals surface area contributed by atoms with E-state index in [1.165, 1.54) is 6.07 Å². The van der Waals surface area contributed by atoms with Crippen LogP contribution < -0.4 is 0 Å². The molecule has 118 valence electrons. The zero-order chi connectivity index (χ0) is 15.6. The van der Waals surface area contributed by atoms with E-state index in [2.05, 4.69) is 30.8 Å². The van der Waals surface area contributed by atoms with E-state index >= 15 is 0 Å². The fraction of sp³-hybridized carbons (Fsp3) is 0.647. The van der Waals surface area contributed by atoms with Crippen LogP contribution in [0.1, 0.15) is 30.6 Å². The molecule has 1 aliphatic rings. The van der Waals surface area contributed by atoms with Crippen molar-refractivity contribution in [1.29, 1.82) is 0 Å². The van der Waals surface area contributed by atoms with Gasteiger partial charge in [-0.15, -0.1) is 0 Å². The highest BCUT2D eigenvalue weighted by atomic mass is 19.1. The molecule has 1 aliphatic heterocycles. The molecule has 4 heteroatoms. The number of aryl methyl sites for hydroxylation is 1. The number of likely N-dealkylation sites (N-methyl/N-ethyl adjacent to an activating group) is 1. The number of hydrogen-bond donors (Lipinski definition) is 1. The third-order valence-corrected chi connectivity index (χ3v) is 4.61. The van der Waals surface area contributed by atoms with Gasteiger partial charge in [0.25, 0.3) is 0 Å². The molecule has 0 aliphatic carbocycles. The van der Waals surface area contributed by atoms with Gasteiger partial charge in [-0.05, 0) is 50.6 Å². The Morgan fingerprint density at radius 1 is 1.38 bits per heavy atom. The van der Waals surface area contributed by atoms with Crippen molar-refractivity contribution >= 4 is 0 Å². The minimum absolute atomic E-state index is 0.242. The molecule has 2 rings (SSSR count). The number of likely N-dealkylation sites (tertiary alicyclic amines) is 1. The Balaban J connectivity index is 1.87. The summed E-state index contributed by atoms with van der Waals surface area (Å²) in [4.78, 5) is 4.67. The summed E-state index contributed by atoms with van der Waals surface area (Å²) in [7, 11) is 4.24. The van der Waals surface area contributed by atoms with Crippen LogP contribution in [0, 0.1) is 18.7 Å². The van der Waals surface area contributed by atoms with Crippen molar-refractivity contribution in [3.05, 3.63) is 35.1 Å². The number of benzene rings is 1. The molecular formula is C17H27FN2O. The normalized spacial score (nSPS) is 24.7. The van der Waals surface area contributed by atoms with Crippen LogP contribution in [0.25, 0.3) is 0 Å². The summed E-state index contributed by atoms with van der Waals surface area (Å²) in [5.74, 6) is 0.406. The van der Waals surface area contributed by atoms with Crippen LogP contribution in [0.5, 0.6) is 0 Å². The average molecular weight is 294 g/mol. The van der Waals surface area contributed by atoms with Crippen molar-refractivity contribution in [2.75, 3.05) is 33.7 Å². The molecule has 21 heavy (non-hydrogen) atoms. The van der Waals surface area contributed by atoms with Crippen molar-refractivity contribution in [1.82, 2.24) is 9.80 Å². The van der Waals surface area contributed by atoms with Crippen molar-refractivity contribution in [2.45, 2.75) is 32.4 Å². The van der Waals surface area contributed by atoms with E-state index in [9.17, 15) is 9.50 Å². The number of halogens is 1. The van der Waals surface area contributed by atoms with E-state index < -0.39 is 6.10 Å². The smallest absolute Gasteiger partial charge is 0.126 e. The molecule has 1 fully saturated rings. The number of nitrogens with zero attached hydrogens (tertiary/aromatic N) is 2. The second kappa shape index (κ2) is 6.86. The molecule has 0 aromatic heterocycles. The molecule has 1 heterocycles. The van der Waals surface area contributed by atoms with Crippen molar-refractivity contribution in [2.24, 2.45) is 5.92 Å². The molecule has 3 unspecified atom stereocenters. The molecule has 0 bridgehead atoms. The maximum atomic E-state index is 13.5. The quantitative estimate of drug-likeness (QED) is 0.903. The fourth-order valence-electron chi connectivity index (χ4n) is 3.19. The van der Waals surface area contributed by atoms with Crippen LogP contribution in [0.15, 0.2) is 18.2 Å². The van der Waals surface area contributed by atoms with Crippen molar-refractivity contribution in [3.63, 3.8) is 0 Å². The topological polar surface area (TPSA) is 26.7 Å². The van der Waals surface area contributed by atoms with Crippen LogP contribution in [-0.2, 0) is 0 Å². The zero-order valence-electron chi connectivity index (χ0n) is 13.5. The lowest BCUT2D eigenvalue weighted by atomic mass is 10.0. The van der Waals surface area contributed by atoms with E-state index in [1.54, 1.807) is 13.0 Å². The highest BCUT2D eigenvalue weighted by molar-refractivity contribution is 5.24. The highest BCUT2D eigenvalue weighted by Gasteiger charge is 2.30. The maximum Gasteiger partial charge on any atom is 0.126 e. The van der Waals surface area contributed by atoms with Gasteiger partial charge in [0, 0.05) is 25.7 Å². The zero-order valence-corrected chi connectivity index (χ0v) is 13.5. The summed E-state index contributed by atoms with van der Waals surface area (Å²) in [5.41, 5.74) is 1.29. The summed E-state index contributed by atoms with van der Waals surface area (Å²) in [6.07, 6.45) is 0.0591. The Labute approximate surface area is 127 Å². The molecule has 1 aromatic carbocycles. The molecule has 3 nitrogen and oxygen atoms in total. The summed E-state index contributed by atoms with van der Waals surface area (Å²) in [6, 6.07) is 5.58. The average Bonchev–Trinajstić information content (AvgIpc) is 2.80. The monoisotopic (exact) mass is 294 g/mol. The summed E-state index contributed by atoms with van der Waals surface area (Å²) >= 11 is 0. The summed E-state index contributed by atoms with van der Waals surface area (Å²) < 4.78 is 13.5. The molecule has 1 N–H and O–H groups in total. The van der Waals surface area contributed by atoms with Crippen LogP contribution in [-0.4, -0.2) is 54.7 Å². The van der Waals surface area contributed by atoms with Gasteiger partial charge in [-0.1, -0.05) is 19.1 Å². The Bertz CT molecular complexity index is 478. The lowest BCUT2D eigenvalue weighted by Crippen LogP contribution is -2.34. The van der Waals surface area contributed by atoms with Gasteiger partial charge in [0.05, 0.1) is 6.10 Å². The summed E-state index contributed by atoms with van der Waals surface area (Å²) in [5, 5.41) is 10.2. The van der Waals surface area contributed by atoms with Crippen LogP contribution in [0.3, 0.4) is 0 Å². The van der Waals surface area contributed by atoms with Gasteiger partial charge in [0.15, 0.2) is 0 Å². The Morgan fingerprint density at radius 3 is 2.67 bits per heavy atom. The highest BCUT2D eigenvalue weighted by Crippen LogP contribution is 2.23. The van der Waals surface area contributed by atoms with E-state index in [1.807, 2.05) is 6.07 Å². The molecule has 0 saturated carbocycles. The third kappa shape index (κ3) is 4.02. The Kier molecular flexibility index (Phi) is 5.36. The van der Waals surface area contributed by atoms with E-state index in [4.69, 9.17) is 0 Å². The standard InChI is InChI=1S/C17H27FN2O/c1-12-5-6-14(9-15(12)18)17(21)7-8-20-10-13(2)16(11-20)19(3)4/h5-6,9,13,16-17,21H,7-8,10-11H2,1-4H3. The number of hydrogen-bond acceptors (Lipinski definition) is 3. The van der Waals surface area contributed by atoms with Crippen molar-refractivity contribution in [3.8, 4) is 0 Å². The predicted molar refractivity (Wildman–Crippen MR) is 83.8 cm³/mol. The first kappa shape index (κ1) is 16.4. The second-order valence-electron chi connectivity index (χ2n) is 6.58. The fourth-order valence-corrected chi connectivity index (χ4v) is 3.19. The van der Waals surface area contributed by atoms with Crippen LogP contribution in [0.2, 0.25) is 0 Å². The summed E-state index contributed by atoms with van der Waals surface area (Å²) in [6.45, 7) is 6.97.